The van der Waals surface area contributed by atoms with Gasteiger partial charge >= 0.3 is 5.97 Å². The first-order valence-electron chi connectivity index (χ1n) is 6.91. The van der Waals surface area contributed by atoms with E-state index in [4.69, 9.17) is 17.1 Å². The van der Waals surface area contributed by atoms with Gasteiger partial charge in [0.15, 0.2) is 0 Å². The van der Waals surface area contributed by atoms with E-state index in [0.29, 0.717) is 18.1 Å². The van der Waals surface area contributed by atoms with E-state index in [9.17, 15) is 4.79 Å². The van der Waals surface area contributed by atoms with Crippen LogP contribution in [0.5, 0.6) is 0 Å². The van der Waals surface area contributed by atoms with Gasteiger partial charge in [-0.3, -0.25) is 0 Å². The summed E-state index contributed by atoms with van der Waals surface area (Å²) >= 11 is 5.33. The van der Waals surface area contributed by atoms with Gasteiger partial charge in [0.2, 0.25) is 5.11 Å². The molecule has 20 heavy (non-hydrogen) atoms. The highest BCUT2D eigenvalue weighted by Crippen LogP contribution is 2.21. The van der Waals surface area contributed by atoms with Gasteiger partial charge in [-0.1, -0.05) is 32.0 Å². The molecule has 0 saturated carbocycles. The van der Waals surface area contributed by atoms with E-state index in [0.717, 1.165) is 17.7 Å². The lowest BCUT2D eigenvalue weighted by molar-refractivity contribution is -0.171. The molecule has 0 saturated heterocycles. The van der Waals surface area contributed by atoms with Crippen molar-refractivity contribution in [3.8, 4) is 0 Å². The molecule has 0 aliphatic rings. The molecule has 0 bridgehead atoms. The van der Waals surface area contributed by atoms with Crippen LogP contribution in [0, 0.1) is 6.92 Å². The summed E-state index contributed by atoms with van der Waals surface area (Å²) in [7, 11) is 0. The number of hydrogen-bond acceptors (Lipinski definition) is 3. The fraction of sp³-hybridized carbons (Fsp3) is 0.467. The molecule has 0 aromatic heterocycles. The van der Waals surface area contributed by atoms with Crippen molar-refractivity contribution in [3.63, 3.8) is 0 Å². The number of benzene rings is 1. The molecular formula is C15H22N2O2S. The minimum Gasteiger partial charge on any atom is -0.339 e. The maximum atomic E-state index is 11.4. The Bertz CT molecular complexity index is 489. The Morgan fingerprint density at radius 3 is 2.60 bits per heavy atom. The number of anilines is 1. The molecule has 5 heteroatoms. The fourth-order valence-electron chi connectivity index (χ4n) is 1.81. The van der Waals surface area contributed by atoms with Crippen molar-refractivity contribution in [2.75, 3.05) is 11.9 Å². The number of nitrogens with zero attached hydrogens (tertiary/aromatic N) is 1. The van der Waals surface area contributed by atoms with Crippen LogP contribution < -0.4 is 5.32 Å². The largest absolute Gasteiger partial charge is 0.339 e. The van der Waals surface area contributed by atoms with E-state index in [1.54, 1.807) is 6.92 Å². The summed E-state index contributed by atoms with van der Waals surface area (Å²) in [5, 5.41) is 5.00. The van der Waals surface area contributed by atoms with Gasteiger partial charge in [0, 0.05) is 12.1 Å². The topological polar surface area (TPSA) is 41.6 Å². The minimum absolute atomic E-state index is 0.295. The molecule has 110 valence electrons. The highest BCUT2D eigenvalue weighted by molar-refractivity contribution is 7.80. The van der Waals surface area contributed by atoms with Crippen molar-refractivity contribution in [1.82, 2.24) is 5.06 Å². The first-order valence-corrected chi connectivity index (χ1v) is 7.32. The van der Waals surface area contributed by atoms with Crippen molar-refractivity contribution in [3.05, 3.63) is 29.3 Å². The van der Waals surface area contributed by atoms with Crippen LogP contribution in [0.25, 0.3) is 0 Å². The lowest BCUT2D eigenvalue weighted by Gasteiger charge is -2.24. The van der Waals surface area contributed by atoms with Crippen LogP contribution in [0.2, 0.25) is 0 Å². The van der Waals surface area contributed by atoms with Crippen LogP contribution in [-0.2, 0) is 16.1 Å². The number of carbonyl (C=O) groups is 1. The van der Waals surface area contributed by atoms with Crippen LogP contribution in [0.4, 0.5) is 5.69 Å². The van der Waals surface area contributed by atoms with Crippen LogP contribution in [0.3, 0.4) is 0 Å². The average Bonchev–Trinajstić information content (AvgIpc) is 2.46. The summed E-state index contributed by atoms with van der Waals surface area (Å²) in [5.41, 5.74) is 3.29. The third kappa shape index (κ3) is 4.20. The SMILES string of the molecule is CCC(=O)ON(CC)C(=S)Nc1c(C)cccc1CC. The van der Waals surface area contributed by atoms with Gasteiger partial charge < -0.3 is 10.2 Å². The van der Waals surface area contributed by atoms with Gasteiger partial charge in [0.25, 0.3) is 0 Å². The first kappa shape index (κ1) is 16.4. The first-order chi connectivity index (χ1) is 9.53. The Morgan fingerprint density at radius 2 is 2.05 bits per heavy atom. The van der Waals surface area contributed by atoms with Crippen LogP contribution in [0.15, 0.2) is 18.2 Å². The summed E-state index contributed by atoms with van der Waals surface area (Å²) in [5.74, 6) is -0.295. The van der Waals surface area contributed by atoms with Crippen molar-refractivity contribution in [2.24, 2.45) is 0 Å². The molecule has 0 aliphatic carbocycles. The van der Waals surface area contributed by atoms with E-state index in [-0.39, 0.29) is 5.97 Å². The number of aryl methyl sites for hydroxylation is 2. The Morgan fingerprint density at radius 1 is 1.35 bits per heavy atom. The number of hydroxylamine groups is 2. The lowest BCUT2D eigenvalue weighted by atomic mass is 10.1. The average molecular weight is 294 g/mol. The molecule has 1 aromatic rings. The third-order valence-electron chi connectivity index (χ3n) is 2.99. The Hall–Kier alpha value is -1.62. The molecule has 0 aliphatic heterocycles. The van der Waals surface area contributed by atoms with E-state index in [2.05, 4.69) is 18.3 Å². The molecule has 0 spiro atoms. The second-order valence-electron chi connectivity index (χ2n) is 4.40. The molecule has 1 N–H and O–H groups in total. The normalized spacial score (nSPS) is 10.0. The molecular weight excluding hydrogens is 272 g/mol. The van der Waals surface area contributed by atoms with E-state index in [1.165, 1.54) is 10.6 Å². The Balaban J connectivity index is 2.86. The number of nitrogens with one attached hydrogen (secondary N) is 1. The summed E-state index contributed by atoms with van der Waals surface area (Å²) in [6.45, 7) is 8.26. The zero-order valence-corrected chi connectivity index (χ0v) is 13.3. The molecule has 1 aromatic carbocycles. The number of hydrogen-bond donors (Lipinski definition) is 1. The third-order valence-corrected chi connectivity index (χ3v) is 3.29. The Labute approximate surface area is 126 Å². The van der Waals surface area contributed by atoms with Crippen LogP contribution in [-0.4, -0.2) is 22.7 Å². The van der Waals surface area contributed by atoms with Crippen LogP contribution in [0.1, 0.15) is 38.3 Å². The number of rotatable bonds is 4. The smallest absolute Gasteiger partial charge is 0.332 e. The molecule has 0 radical (unpaired) electrons. The highest BCUT2D eigenvalue weighted by atomic mass is 32.1. The van der Waals surface area contributed by atoms with Gasteiger partial charge in [0.05, 0.1) is 6.54 Å². The van der Waals surface area contributed by atoms with E-state index < -0.39 is 0 Å². The lowest BCUT2D eigenvalue weighted by Crippen LogP contribution is -2.36. The van der Waals surface area contributed by atoms with Gasteiger partial charge in [-0.2, -0.15) is 5.06 Å². The minimum atomic E-state index is -0.295. The summed E-state index contributed by atoms with van der Waals surface area (Å²) in [6, 6.07) is 6.11. The van der Waals surface area contributed by atoms with Gasteiger partial charge in [-0.25, -0.2) is 4.79 Å². The molecule has 0 amide bonds. The van der Waals surface area contributed by atoms with E-state index >= 15 is 0 Å². The fourth-order valence-corrected chi connectivity index (χ4v) is 2.08. The molecule has 0 fully saturated rings. The van der Waals surface area contributed by atoms with Crippen molar-refractivity contribution >= 4 is 29.0 Å². The molecule has 4 nitrogen and oxygen atoms in total. The standard InChI is InChI=1S/C15H22N2O2S/c1-5-12-10-8-9-11(4)14(12)16-15(20)17(7-3)19-13(18)6-2/h8-10H,5-7H2,1-4H3,(H,16,20). The molecule has 0 heterocycles. The summed E-state index contributed by atoms with van der Waals surface area (Å²) in [6.07, 6.45) is 1.23. The second-order valence-corrected chi connectivity index (χ2v) is 4.79. The molecule has 0 unspecified atom stereocenters. The summed E-state index contributed by atoms with van der Waals surface area (Å²) in [4.78, 5) is 16.6. The molecule has 0 atom stereocenters. The predicted octanol–water partition coefficient (Wildman–Crippen LogP) is 3.44. The highest BCUT2D eigenvalue weighted by Gasteiger charge is 2.14. The zero-order chi connectivity index (χ0) is 15.1. The van der Waals surface area contributed by atoms with Crippen molar-refractivity contribution in [1.29, 1.82) is 0 Å². The van der Waals surface area contributed by atoms with E-state index in [1.807, 2.05) is 26.0 Å². The Kier molecular flexibility index (Phi) is 6.45. The summed E-state index contributed by atoms with van der Waals surface area (Å²) < 4.78 is 0. The zero-order valence-electron chi connectivity index (χ0n) is 12.5. The predicted molar refractivity (Wildman–Crippen MR) is 85.5 cm³/mol. The number of carbonyl (C=O) groups excluding carboxylic acids is 1. The van der Waals surface area contributed by atoms with Gasteiger partial charge in [-0.15, -0.1) is 0 Å². The number of para-hydroxylation sites is 1. The second kappa shape index (κ2) is 7.85. The maximum Gasteiger partial charge on any atom is 0.332 e. The van der Waals surface area contributed by atoms with Gasteiger partial charge in [0.1, 0.15) is 0 Å². The quantitative estimate of drug-likeness (QED) is 0.680. The van der Waals surface area contributed by atoms with Crippen LogP contribution >= 0.6 is 12.2 Å². The maximum absolute atomic E-state index is 11.4. The van der Waals surface area contributed by atoms with Crippen molar-refractivity contribution < 1.29 is 9.63 Å². The number of thiocarbonyl (C=S) groups is 1. The molecule has 1 rings (SSSR count). The van der Waals surface area contributed by atoms with Gasteiger partial charge in [-0.05, 0) is 43.6 Å². The monoisotopic (exact) mass is 294 g/mol. The van der Waals surface area contributed by atoms with Crippen molar-refractivity contribution in [2.45, 2.75) is 40.5 Å².